The lowest BCUT2D eigenvalue weighted by Gasteiger charge is -2.36. The van der Waals surface area contributed by atoms with Gasteiger partial charge in [-0.15, -0.1) is 24.8 Å². The number of halogens is 2. The lowest BCUT2D eigenvalue weighted by Crippen LogP contribution is -2.59. The Balaban J connectivity index is 0.00000560. The van der Waals surface area contributed by atoms with Crippen LogP contribution in [-0.2, 0) is 41.6 Å². The van der Waals surface area contributed by atoms with Crippen LogP contribution < -0.4 is 42.5 Å². The number of fused-ring (bicyclic) bond motifs is 2. The summed E-state index contributed by atoms with van der Waals surface area (Å²) < 4.78 is 0. The summed E-state index contributed by atoms with van der Waals surface area (Å²) in [7, 11) is 3.29. The molecule has 2 fully saturated rings. The lowest BCUT2D eigenvalue weighted by atomic mass is 9.85. The average molecular weight is 1120 g/mol. The molecule has 10 atom stereocenters. The van der Waals surface area contributed by atoms with Crippen molar-refractivity contribution in [1.82, 2.24) is 62.3 Å². The van der Waals surface area contributed by atoms with E-state index in [-0.39, 0.29) is 97.8 Å². The molecule has 2 saturated heterocycles. The van der Waals surface area contributed by atoms with Gasteiger partial charge < -0.3 is 52.3 Å². The Hall–Kier alpha value is -6.22. The summed E-state index contributed by atoms with van der Waals surface area (Å²) in [5, 5.41) is 23.8. The molecule has 3 heterocycles. The van der Waals surface area contributed by atoms with Crippen molar-refractivity contribution in [2.45, 2.75) is 167 Å². The summed E-state index contributed by atoms with van der Waals surface area (Å²) in [6.45, 7) is 14.3. The molecule has 2 aromatic carbocycles. The third-order valence-electron chi connectivity index (χ3n) is 15.4. The normalized spacial score (nSPS) is 22.3. The van der Waals surface area contributed by atoms with Gasteiger partial charge in [-0.2, -0.15) is 0 Å². The van der Waals surface area contributed by atoms with E-state index in [0.29, 0.717) is 0 Å². The van der Waals surface area contributed by atoms with Crippen molar-refractivity contribution < 1.29 is 38.4 Å². The predicted molar refractivity (Wildman–Crippen MR) is 300 cm³/mol. The van der Waals surface area contributed by atoms with E-state index in [1.54, 1.807) is 27.9 Å². The summed E-state index contributed by atoms with van der Waals surface area (Å²) in [5.74, 6) is -3.72. The van der Waals surface area contributed by atoms with Gasteiger partial charge in [0.05, 0.1) is 36.6 Å². The SMILES string of the molecule is CN[C@@H](C)C(=O)N[C@@H](C(=O)N1C[C@@H](NC(=O)c2cnc(C(=O)N[C@H]3C[C@@H](C(=O)N[C@@H]4CCCc5ccccc54)N(C(=O)[C@H](NC(=O)[C@H](C)NC)C(C)(C)C)C3)cn2)CC1C(=O)N[C@@H]1CCCc2ccccc21)C(C)(C)C.Cl.Cl. The van der Waals surface area contributed by atoms with Crippen molar-refractivity contribution in [3.8, 4) is 0 Å². The molecule has 0 radical (unpaired) electrons. The van der Waals surface area contributed by atoms with E-state index in [9.17, 15) is 38.4 Å². The molecule has 20 nitrogen and oxygen atoms in total. The molecule has 78 heavy (non-hydrogen) atoms. The molecule has 8 amide bonds. The molecule has 0 saturated carbocycles. The van der Waals surface area contributed by atoms with Gasteiger partial charge in [0, 0.05) is 25.2 Å². The van der Waals surface area contributed by atoms with E-state index in [1.165, 1.54) is 9.80 Å². The fraction of sp³-hybridized carbons (Fsp3) is 0.571. The third-order valence-corrected chi connectivity index (χ3v) is 15.4. The van der Waals surface area contributed by atoms with E-state index in [4.69, 9.17) is 0 Å². The number of nitrogens with one attached hydrogen (secondary N) is 8. The highest BCUT2D eigenvalue weighted by molar-refractivity contribution is 5.97. The highest BCUT2D eigenvalue weighted by Gasteiger charge is 2.48. The molecular weight excluding hydrogens is 1040 g/mol. The van der Waals surface area contributed by atoms with Crippen molar-refractivity contribution >= 4 is 72.1 Å². The Labute approximate surface area is 470 Å². The first-order valence-electron chi connectivity index (χ1n) is 26.7. The minimum Gasteiger partial charge on any atom is -0.347 e. The van der Waals surface area contributed by atoms with Crippen LogP contribution in [0.15, 0.2) is 60.9 Å². The van der Waals surface area contributed by atoms with Crippen LogP contribution in [0, 0.1) is 10.8 Å². The first kappa shape index (κ1) is 62.6. The van der Waals surface area contributed by atoms with Gasteiger partial charge in [-0.3, -0.25) is 38.4 Å². The maximum atomic E-state index is 14.6. The number of carbonyl (C=O) groups is 8. The smallest absolute Gasteiger partial charge is 0.271 e. The summed E-state index contributed by atoms with van der Waals surface area (Å²) in [6, 6.07) is 8.84. The van der Waals surface area contributed by atoms with Crippen LogP contribution in [0.4, 0.5) is 0 Å². The molecule has 8 N–H and O–H groups in total. The van der Waals surface area contributed by atoms with E-state index in [0.717, 1.165) is 73.2 Å². The number of likely N-dealkylation sites (N-methyl/N-ethyl adjacent to an activating group) is 2. The number of carbonyl (C=O) groups excluding carboxylic acids is 8. The van der Waals surface area contributed by atoms with Crippen LogP contribution >= 0.6 is 24.8 Å². The third kappa shape index (κ3) is 14.7. The van der Waals surface area contributed by atoms with Gasteiger partial charge in [0.25, 0.3) is 11.8 Å². The molecule has 7 rings (SSSR count). The number of hydrogen-bond donors (Lipinski definition) is 8. The second-order valence-electron chi connectivity index (χ2n) is 23.1. The number of hydrogen-bond acceptors (Lipinski definition) is 12. The Morgan fingerprint density at radius 1 is 0.551 bits per heavy atom. The molecular formula is C56H80Cl2N12O8. The topological polar surface area (TPSA) is 265 Å². The van der Waals surface area contributed by atoms with Gasteiger partial charge in [0.1, 0.15) is 35.6 Å². The monoisotopic (exact) mass is 1120 g/mol. The Bertz CT molecular complexity index is 2480. The Morgan fingerprint density at radius 2 is 0.910 bits per heavy atom. The van der Waals surface area contributed by atoms with Crippen LogP contribution in [-0.4, -0.2) is 143 Å². The van der Waals surface area contributed by atoms with E-state index >= 15 is 0 Å². The fourth-order valence-corrected chi connectivity index (χ4v) is 10.7. The second kappa shape index (κ2) is 26.6. The molecule has 0 spiro atoms. The van der Waals surface area contributed by atoms with Crippen molar-refractivity contribution in [1.29, 1.82) is 0 Å². The summed E-state index contributed by atoms with van der Waals surface area (Å²) in [5.41, 5.74) is 2.62. The molecule has 4 aliphatic rings. The highest BCUT2D eigenvalue weighted by Crippen LogP contribution is 2.34. The molecule has 0 bridgehead atoms. The van der Waals surface area contributed by atoms with Gasteiger partial charge in [-0.1, -0.05) is 90.1 Å². The van der Waals surface area contributed by atoms with Gasteiger partial charge >= 0.3 is 0 Å². The standard InChI is InChI=1S/C56H78N12O8.2ClH/c1-31(57-9)47(69)65-45(55(3,4)5)53(75)67-29-35(25-43(67)51(73)63-39-23-15-19-33-17-11-13-21-37(33)39)61-49(71)41-27-60-42(28-59-41)50(72)62-36-26-44(52(74)64-40-24-16-20-34-18-12-14-22-38(34)40)68(30-36)54(76)46(56(6,7)8)66-48(70)32(2)58-10;;/h11-14,17-18,21-22,27-28,31-32,35-36,39-40,43-46,57-58H,15-16,19-20,23-26,29-30H2,1-10H3,(H,61,71)(H,62,72)(H,63,73)(H,64,74)(H,65,69)(H,66,70);2*1H/t31-,32-,35-,36-,39+,40+,43-,44?,45-,46-;;/m0../s1. The van der Waals surface area contributed by atoms with E-state index in [2.05, 4.69) is 64.6 Å². The van der Waals surface area contributed by atoms with E-state index < -0.39 is 82.8 Å². The zero-order valence-electron chi connectivity index (χ0n) is 46.5. The van der Waals surface area contributed by atoms with Crippen LogP contribution in [0.1, 0.15) is 149 Å². The molecule has 3 aromatic rings. The van der Waals surface area contributed by atoms with Crippen molar-refractivity contribution in [3.05, 3.63) is 94.6 Å². The Morgan fingerprint density at radius 3 is 1.24 bits per heavy atom. The molecule has 2 aliphatic carbocycles. The summed E-state index contributed by atoms with van der Waals surface area (Å²) >= 11 is 0. The van der Waals surface area contributed by atoms with Gasteiger partial charge in [0.15, 0.2) is 0 Å². The number of aromatic nitrogens is 2. The fourth-order valence-electron chi connectivity index (χ4n) is 10.7. The van der Waals surface area contributed by atoms with Crippen molar-refractivity contribution in [3.63, 3.8) is 0 Å². The quantitative estimate of drug-likeness (QED) is 0.103. The molecule has 22 heteroatoms. The van der Waals surface area contributed by atoms with Gasteiger partial charge in [-0.25, -0.2) is 9.97 Å². The first-order valence-corrected chi connectivity index (χ1v) is 26.7. The zero-order chi connectivity index (χ0) is 55.2. The second-order valence-corrected chi connectivity index (χ2v) is 23.1. The number of benzene rings is 2. The van der Waals surface area contributed by atoms with Gasteiger partial charge in [0.2, 0.25) is 35.4 Å². The molecule has 1 unspecified atom stereocenters. The lowest BCUT2D eigenvalue weighted by molar-refractivity contribution is -0.144. The maximum absolute atomic E-state index is 14.6. The first-order chi connectivity index (χ1) is 36.0. The van der Waals surface area contributed by atoms with E-state index in [1.807, 2.05) is 77.9 Å². The summed E-state index contributed by atoms with van der Waals surface area (Å²) in [6.07, 6.45) is 7.47. The van der Waals surface area contributed by atoms with Crippen LogP contribution in [0.2, 0.25) is 0 Å². The Kier molecular flexibility index (Phi) is 21.4. The number of aryl methyl sites for hydroxylation is 2. The summed E-state index contributed by atoms with van der Waals surface area (Å²) in [4.78, 5) is 124. The zero-order valence-corrected chi connectivity index (χ0v) is 48.1. The number of rotatable bonds is 16. The predicted octanol–water partition coefficient (Wildman–Crippen LogP) is 3.38. The number of likely N-dealkylation sites (tertiary alicyclic amines) is 2. The van der Waals surface area contributed by atoms with Crippen LogP contribution in [0.3, 0.4) is 0 Å². The minimum atomic E-state index is -1.00. The molecule has 1 aromatic heterocycles. The molecule has 2 aliphatic heterocycles. The molecule has 426 valence electrons. The maximum Gasteiger partial charge on any atom is 0.271 e. The van der Waals surface area contributed by atoms with Crippen molar-refractivity contribution in [2.24, 2.45) is 10.8 Å². The minimum absolute atomic E-state index is 0. The number of nitrogens with zero attached hydrogens (tertiary/aromatic N) is 4. The van der Waals surface area contributed by atoms with Crippen LogP contribution in [0.25, 0.3) is 0 Å². The largest absolute Gasteiger partial charge is 0.347 e. The van der Waals surface area contributed by atoms with Gasteiger partial charge in [-0.05, 0) is 112 Å². The highest BCUT2D eigenvalue weighted by atomic mass is 35.5. The number of amides is 8. The van der Waals surface area contributed by atoms with Crippen LogP contribution in [0.5, 0.6) is 0 Å². The average Bonchev–Trinajstić information content (AvgIpc) is 4.03. The van der Waals surface area contributed by atoms with Crippen molar-refractivity contribution in [2.75, 3.05) is 27.2 Å².